The molecule has 3 nitrogen and oxygen atoms in total. The molecule has 1 heterocycles. The number of amides is 1. The molecule has 1 N–H and O–H groups in total. The van der Waals surface area contributed by atoms with Gasteiger partial charge in [-0.2, -0.15) is 0 Å². The summed E-state index contributed by atoms with van der Waals surface area (Å²) in [5.41, 5.74) is 3.08. The monoisotopic (exact) mass is 298 g/mol. The van der Waals surface area contributed by atoms with Crippen molar-refractivity contribution in [2.24, 2.45) is 0 Å². The van der Waals surface area contributed by atoms with Gasteiger partial charge in [0, 0.05) is 30.9 Å². The Bertz CT molecular complexity index is 672. The third kappa shape index (κ3) is 3.45. The fourth-order valence-corrected chi connectivity index (χ4v) is 2.87. The van der Waals surface area contributed by atoms with Gasteiger partial charge in [0.1, 0.15) is 5.82 Å². The summed E-state index contributed by atoms with van der Waals surface area (Å²) in [5.74, 6) is -0.434. The van der Waals surface area contributed by atoms with Crippen molar-refractivity contribution in [2.75, 3.05) is 23.3 Å². The average molecular weight is 298 g/mol. The number of rotatable bonds is 4. The van der Waals surface area contributed by atoms with Crippen molar-refractivity contribution in [3.05, 3.63) is 59.9 Å². The van der Waals surface area contributed by atoms with E-state index in [9.17, 15) is 9.18 Å². The Morgan fingerprint density at radius 3 is 2.91 bits per heavy atom. The second-order valence-corrected chi connectivity index (χ2v) is 5.53. The Balaban J connectivity index is 1.58. The third-order valence-corrected chi connectivity index (χ3v) is 3.92. The molecule has 0 bridgehead atoms. The molecular formula is C18H19FN2O. The lowest BCUT2D eigenvalue weighted by Crippen LogP contribution is -2.32. The predicted octanol–water partition coefficient (Wildman–Crippen LogP) is 3.61. The number of nitrogens with zero attached hydrogens (tertiary/aromatic N) is 1. The molecule has 2 aromatic carbocycles. The summed E-state index contributed by atoms with van der Waals surface area (Å²) in [6.07, 6.45) is 2.61. The van der Waals surface area contributed by atoms with Crippen molar-refractivity contribution in [2.45, 2.75) is 19.3 Å². The van der Waals surface area contributed by atoms with Crippen LogP contribution in [0, 0.1) is 5.82 Å². The molecule has 0 saturated heterocycles. The van der Waals surface area contributed by atoms with Gasteiger partial charge in [-0.1, -0.05) is 24.3 Å². The maximum absolute atomic E-state index is 13.1. The van der Waals surface area contributed by atoms with E-state index in [1.165, 1.54) is 23.4 Å². The van der Waals surface area contributed by atoms with Crippen LogP contribution in [0.25, 0.3) is 0 Å². The van der Waals surface area contributed by atoms with E-state index in [0.29, 0.717) is 18.7 Å². The quantitative estimate of drug-likeness (QED) is 0.935. The van der Waals surface area contributed by atoms with Gasteiger partial charge in [-0.05, 0) is 42.7 Å². The molecule has 22 heavy (non-hydrogen) atoms. The van der Waals surface area contributed by atoms with Crippen molar-refractivity contribution >= 4 is 17.3 Å². The van der Waals surface area contributed by atoms with Crippen molar-refractivity contribution in [1.29, 1.82) is 0 Å². The van der Waals surface area contributed by atoms with Crippen molar-refractivity contribution in [1.82, 2.24) is 0 Å². The lowest BCUT2D eigenvalue weighted by atomic mass is 10.0. The fraction of sp³-hybridized carbons (Fsp3) is 0.278. The molecule has 1 aliphatic heterocycles. The summed E-state index contributed by atoms with van der Waals surface area (Å²) in [6, 6.07) is 14.3. The first-order chi connectivity index (χ1) is 10.7. The number of aryl methyl sites for hydroxylation is 1. The molecular weight excluding hydrogens is 279 g/mol. The Labute approximate surface area is 129 Å². The molecule has 0 spiro atoms. The first-order valence-electron chi connectivity index (χ1n) is 7.60. The van der Waals surface area contributed by atoms with Crippen molar-refractivity contribution < 1.29 is 9.18 Å². The summed E-state index contributed by atoms with van der Waals surface area (Å²) in [7, 11) is 0. The lowest BCUT2D eigenvalue weighted by Gasteiger charge is -2.31. The zero-order valence-electron chi connectivity index (χ0n) is 12.4. The van der Waals surface area contributed by atoms with Crippen LogP contribution in [0.15, 0.2) is 48.5 Å². The zero-order valence-corrected chi connectivity index (χ0v) is 12.4. The maximum Gasteiger partial charge on any atom is 0.226 e. The number of carbonyl (C=O) groups excluding carboxylic acids is 1. The summed E-state index contributed by atoms with van der Waals surface area (Å²) in [6.45, 7) is 1.66. The van der Waals surface area contributed by atoms with Crippen LogP contribution in [-0.4, -0.2) is 19.0 Å². The summed E-state index contributed by atoms with van der Waals surface area (Å²) >= 11 is 0. The summed E-state index contributed by atoms with van der Waals surface area (Å²) in [4.78, 5) is 14.3. The van der Waals surface area contributed by atoms with E-state index < -0.39 is 0 Å². The second kappa shape index (κ2) is 6.60. The van der Waals surface area contributed by atoms with E-state index in [0.717, 1.165) is 19.4 Å². The Kier molecular flexibility index (Phi) is 4.37. The van der Waals surface area contributed by atoms with E-state index in [2.05, 4.69) is 28.4 Å². The van der Waals surface area contributed by atoms with Crippen LogP contribution < -0.4 is 10.2 Å². The number of carbonyl (C=O) groups is 1. The molecule has 0 aliphatic carbocycles. The largest absolute Gasteiger partial charge is 0.371 e. The van der Waals surface area contributed by atoms with Crippen molar-refractivity contribution in [3.63, 3.8) is 0 Å². The van der Waals surface area contributed by atoms with E-state index in [4.69, 9.17) is 0 Å². The van der Waals surface area contributed by atoms with Gasteiger partial charge < -0.3 is 10.2 Å². The summed E-state index contributed by atoms with van der Waals surface area (Å²) < 4.78 is 13.1. The van der Waals surface area contributed by atoms with Gasteiger partial charge in [-0.25, -0.2) is 4.39 Å². The molecule has 114 valence electrons. The SMILES string of the molecule is O=C(CCN1CCCc2ccccc21)Nc1cccc(F)c1. The Morgan fingerprint density at radius 2 is 2.05 bits per heavy atom. The van der Waals surface area contributed by atoms with Gasteiger partial charge in [0.25, 0.3) is 0 Å². The lowest BCUT2D eigenvalue weighted by molar-refractivity contribution is -0.116. The highest BCUT2D eigenvalue weighted by Crippen LogP contribution is 2.26. The maximum atomic E-state index is 13.1. The van der Waals surface area contributed by atoms with Gasteiger partial charge >= 0.3 is 0 Å². The molecule has 0 aromatic heterocycles. The van der Waals surface area contributed by atoms with Gasteiger partial charge in [-0.15, -0.1) is 0 Å². The fourth-order valence-electron chi connectivity index (χ4n) is 2.87. The highest BCUT2D eigenvalue weighted by molar-refractivity contribution is 5.91. The minimum absolute atomic E-state index is 0.0892. The van der Waals surface area contributed by atoms with Crippen LogP contribution in [0.2, 0.25) is 0 Å². The molecule has 4 heteroatoms. The average Bonchev–Trinajstić information content (AvgIpc) is 2.53. The van der Waals surface area contributed by atoms with E-state index in [1.807, 2.05) is 6.07 Å². The van der Waals surface area contributed by atoms with E-state index in [-0.39, 0.29) is 11.7 Å². The smallest absolute Gasteiger partial charge is 0.226 e. The molecule has 0 atom stereocenters. The molecule has 0 saturated carbocycles. The summed E-state index contributed by atoms with van der Waals surface area (Å²) in [5, 5.41) is 2.74. The third-order valence-electron chi connectivity index (χ3n) is 3.92. The number of fused-ring (bicyclic) bond motifs is 1. The predicted molar refractivity (Wildman–Crippen MR) is 86.6 cm³/mol. The standard InChI is InChI=1S/C18H19FN2O/c19-15-7-3-8-16(13-15)20-18(22)10-12-21-11-4-6-14-5-1-2-9-17(14)21/h1-3,5,7-9,13H,4,6,10-12H2,(H,20,22). The molecule has 1 amide bonds. The molecule has 0 radical (unpaired) electrons. The number of benzene rings is 2. The van der Waals surface area contributed by atoms with Gasteiger partial charge in [-0.3, -0.25) is 4.79 Å². The molecule has 1 aliphatic rings. The number of hydrogen-bond acceptors (Lipinski definition) is 2. The van der Waals surface area contributed by atoms with Gasteiger partial charge in [0.05, 0.1) is 0 Å². The molecule has 2 aromatic rings. The second-order valence-electron chi connectivity index (χ2n) is 5.53. The number of hydrogen-bond donors (Lipinski definition) is 1. The van der Waals surface area contributed by atoms with E-state index >= 15 is 0 Å². The topological polar surface area (TPSA) is 32.3 Å². The van der Waals surface area contributed by atoms with Crippen LogP contribution in [0.4, 0.5) is 15.8 Å². The number of halogens is 1. The number of nitrogens with one attached hydrogen (secondary N) is 1. The van der Waals surface area contributed by atoms with Gasteiger partial charge in [0.15, 0.2) is 0 Å². The number of anilines is 2. The first kappa shape index (κ1) is 14.6. The first-order valence-corrected chi connectivity index (χ1v) is 7.60. The molecule has 3 rings (SSSR count). The normalized spacial score (nSPS) is 13.6. The van der Waals surface area contributed by atoms with Crippen LogP contribution >= 0.6 is 0 Å². The molecule has 0 fully saturated rings. The Morgan fingerprint density at radius 1 is 1.18 bits per heavy atom. The highest BCUT2D eigenvalue weighted by atomic mass is 19.1. The minimum Gasteiger partial charge on any atom is -0.371 e. The van der Waals surface area contributed by atoms with Crippen molar-refractivity contribution in [3.8, 4) is 0 Å². The van der Waals surface area contributed by atoms with Gasteiger partial charge in [0.2, 0.25) is 5.91 Å². The van der Waals surface area contributed by atoms with Crippen LogP contribution in [0.5, 0.6) is 0 Å². The zero-order chi connectivity index (χ0) is 15.4. The van der Waals surface area contributed by atoms with Crippen LogP contribution in [0.3, 0.4) is 0 Å². The Hall–Kier alpha value is -2.36. The number of para-hydroxylation sites is 1. The van der Waals surface area contributed by atoms with E-state index in [1.54, 1.807) is 12.1 Å². The molecule has 0 unspecified atom stereocenters. The highest BCUT2D eigenvalue weighted by Gasteiger charge is 2.16. The minimum atomic E-state index is -0.345. The van der Waals surface area contributed by atoms with Crippen LogP contribution in [-0.2, 0) is 11.2 Å². The van der Waals surface area contributed by atoms with Crippen LogP contribution in [0.1, 0.15) is 18.4 Å².